The first-order valence-corrected chi connectivity index (χ1v) is 4.38. The molecule has 0 bridgehead atoms. The van der Waals surface area contributed by atoms with Crippen molar-refractivity contribution in [2.45, 2.75) is 0 Å². The fourth-order valence-corrected chi connectivity index (χ4v) is 1.34. The molecule has 0 saturated carbocycles. The molecule has 2 rings (SSSR count). The Morgan fingerprint density at radius 3 is 2.93 bits per heavy atom. The molecule has 70 valence electrons. The van der Waals surface area contributed by atoms with E-state index in [9.17, 15) is 4.79 Å². The molecule has 0 atom stereocenters. The molecule has 1 N–H and O–H groups in total. The van der Waals surface area contributed by atoms with Crippen molar-refractivity contribution in [3.8, 4) is 0 Å². The van der Waals surface area contributed by atoms with Crippen LogP contribution in [0.15, 0.2) is 36.5 Å². The maximum atomic E-state index is 11.3. The average Bonchev–Trinajstić information content (AvgIpc) is 2.27. The van der Waals surface area contributed by atoms with Crippen LogP contribution in [0.5, 0.6) is 0 Å². The molecule has 1 heterocycles. The highest BCUT2D eigenvalue weighted by atomic mass is 16.1. The number of nitrogens with zero attached hydrogens (tertiary/aromatic N) is 1. The number of hydrogen-bond acceptors (Lipinski definition) is 2. The van der Waals surface area contributed by atoms with Crippen LogP contribution in [-0.2, 0) is 0 Å². The molecule has 3 heteroatoms. The van der Waals surface area contributed by atoms with Gasteiger partial charge in [0.25, 0.3) is 5.91 Å². The monoisotopic (exact) mass is 186 g/mol. The minimum absolute atomic E-state index is 0.108. The molecule has 1 aromatic carbocycles. The van der Waals surface area contributed by atoms with Crippen molar-refractivity contribution in [2.24, 2.45) is 0 Å². The van der Waals surface area contributed by atoms with Gasteiger partial charge in [-0.25, -0.2) is 0 Å². The van der Waals surface area contributed by atoms with Crippen LogP contribution in [0.1, 0.15) is 10.4 Å². The maximum absolute atomic E-state index is 11.3. The summed E-state index contributed by atoms with van der Waals surface area (Å²) < 4.78 is 0. The lowest BCUT2D eigenvalue weighted by molar-refractivity contribution is 0.0963. The van der Waals surface area contributed by atoms with Gasteiger partial charge in [-0.2, -0.15) is 0 Å². The summed E-state index contributed by atoms with van der Waals surface area (Å²) in [7, 11) is 1.61. The molecule has 0 aliphatic heterocycles. The van der Waals surface area contributed by atoms with E-state index in [0.717, 1.165) is 10.9 Å². The minimum Gasteiger partial charge on any atom is -0.355 e. The fraction of sp³-hybridized carbons (Fsp3) is 0.0909. The van der Waals surface area contributed by atoms with E-state index in [2.05, 4.69) is 10.3 Å². The van der Waals surface area contributed by atoms with Gasteiger partial charge in [0.15, 0.2) is 0 Å². The number of benzene rings is 1. The number of carbonyl (C=O) groups is 1. The van der Waals surface area contributed by atoms with E-state index in [-0.39, 0.29) is 5.91 Å². The number of aromatic nitrogens is 1. The van der Waals surface area contributed by atoms with Crippen molar-refractivity contribution in [2.75, 3.05) is 7.05 Å². The summed E-state index contributed by atoms with van der Waals surface area (Å²) >= 11 is 0. The van der Waals surface area contributed by atoms with Gasteiger partial charge in [-0.3, -0.25) is 9.78 Å². The number of carbonyl (C=O) groups excluding carboxylic acids is 1. The Morgan fingerprint density at radius 2 is 2.14 bits per heavy atom. The van der Waals surface area contributed by atoms with E-state index in [4.69, 9.17) is 0 Å². The van der Waals surface area contributed by atoms with E-state index in [0.29, 0.717) is 5.56 Å². The van der Waals surface area contributed by atoms with Gasteiger partial charge >= 0.3 is 0 Å². The molecule has 0 unspecified atom stereocenters. The first kappa shape index (κ1) is 8.69. The van der Waals surface area contributed by atoms with E-state index >= 15 is 0 Å². The second-order valence-corrected chi connectivity index (χ2v) is 3.00. The summed E-state index contributed by atoms with van der Waals surface area (Å²) in [5.74, 6) is -0.108. The standard InChI is InChI=1S/C11H10N2O/c1-12-11(14)9-6-8-4-2-3-5-10(8)13-7-9/h2-7H,1H3,(H,12,14). The lowest BCUT2D eigenvalue weighted by atomic mass is 10.1. The Kier molecular flexibility index (Phi) is 2.14. The third-order valence-electron chi connectivity index (χ3n) is 2.08. The number of para-hydroxylation sites is 1. The highest BCUT2D eigenvalue weighted by Gasteiger charge is 2.03. The number of hydrogen-bond donors (Lipinski definition) is 1. The molecule has 1 amide bonds. The summed E-state index contributed by atoms with van der Waals surface area (Å²) in [5, 5.41) is 3.55. The summed E-state index contributed by atoms with van der Waals surface area (Å²) in [6, 6.07) is 9.55. The zero-order chi connectivity index (χ0) is 9.97. The summed E-state index contributed by atoms with van der Waals surface area (Å²) in [4.78, 5) is 15.5. The van der Waals surface area contributed by atoms with Crippen LogP contribution in [-0.4, -0.2) is 17.9 Å². The van der Waals surface area contributed by atoms with Crippen molar-refractivity contribution in [3.63, 3.8) is 0 Å². The Balaban J connectivity index is 2.56. The molecular formula is C11H10N2O. The van der Waals surface area contributed by atoms with Gasteiger partial charge < -0.3 is 5.32 Å². The van der Waals surface area contributed by atoms with Gasteiger partial charge in [-0.05, 0) is 12.1 Å². The molecule has 1 aromatic heterocycles. The van der Waals surface area contributed by atoms with E-state index < -0.39 is 0 Å². The summed E-state index contributed by atoms with van der Waals surface area (Å²) in [5.41, 5.74) is 1.49. The maximum Gasteiger partial charge on any atom is 0.252 e. The lowest BCUT2D eigenvalue weighted by Gasteiger charge is -2.00. The Bertz CT molecular complexity index is 479. The molecule has 0 radical (unpaired) electrons. The van der Waals surface area contributed by atoms with Crippen LogP contribution in [0, 0.1) is 0 Å². The van der Waals surface area contributed by atoms with Crippen LogP contribution in [0.2, 0.25) is 0 Å². The van der Waals surface area contributed by atoms with Gasteiger partial charge in [0.2, 0.25) is 0 Å². The van der Waals surface area contributed by atoms with Gasteiger partial charge in [-0.1, -0.05) is 18.2 Å². The molecule has 0 saturated heterocycles. The summed E-state index contributed by atoms with van der Waals surface area (Å²) in [6.45, 7) is 0. The number of rotatable bonds is 1. The van der Waals surface area contributed by atoms with E-state index in [1.165, 1.54) is 0 Å². The number of pyridine rings is 1. The molecule has 14 heavy (non-hydrogen) atoms. The second-order valence-electron chi connectivity index (χ2n) is 3.00. The Hall–Kier alpha value is -1.90. The van der Waals surface area contributed by atoms with Gasteiger partial charge in [0.05, 0.1) is 11.1 Å². The van der Waals surface area contributed by atoms with Crippen LogP contribution in [0.25, 0.3) is 10.9 Å². The quantitative estimate of drug-likeness (QED) is 0.734. The van der Waals surface area contributed by atoms with Gasteiger partial charge in [0.1, 0.15) is 0 Å². The SMILES string of the molecule is CNC(=O)c1cnc2ccccc2c1. The highest BCUT2D eigenvalue weighted by molar-refractivity contribution is 5.97. The van der Waals surface area contributed by atoms with E-state index in [1.807, 2.05) is 30.3 Å². The smallest absolute Gasteiger partial charge is 0.252 e. The molecule has 2 aromatic rings. The average molecular weight is 186 g/mol. The van der Waals surface area contributed by atoms with Crippen molar-refractivity contribution < 1.29 is 4.79 Å². The largest absolute Gasteiger partial charge is 0.355 e. The molecule has 0 spiro atoms. The van der Waals surface area contributed by atoms with Crippen molar-refractivity contribution in [3.05, 3.63) is 42.1 Å². The molecule has 0 fully saturated rings. The Morgan fingerprint density at radius 1 is 1.36 bits per heavy atom. The normalized spacial score (nSPS) is 10.1. The van der Waals surface area contributed by atoms with E-state index in [1.54, 1.807) is 13.2 Å². The highest BCUT2D eigenvalue weighted by Crippen LogP contribution is 2.12. The number of amides is 1. The Labute approximate surface area is 81.8 Å². The molecule has 0 aliphatic carbocycles. The number of fused-ring (bicyclic) bond motifs is 1. The van der Waals surface area contributed by atoms with Crippen LogP contribution >= 0.6 is 0 Å². The lowest BCUT2D eigenvalue weighted by Crippen LogP contribution is -2.17. The summed E-state index contributed by atoms with van der Waals surface area (Å²) in [6.07, 6.45) is 1.58. The predicted octanol–water partition coefficient (Wildman–Crippen LogP) is 1.59. The molecule has 3 nitrogen and oxygen atoms in total. The van der Waals surface area contributed by atoms with Crippen LogP contribution < -0.4 is 5.32 Å². The third-order valence-corrected chi connectivity index (χ3v) is 2.08. The zero-order valence-electron chi connectivity index (χ0n) is 7.82. The zero-order valence-corrected chi connectivity index (χ0v) is 7.82. The minimum atomic E-state index is -0.108. The van der Waals surface area contributed by atoms with Gasteiger partial charge in [-0.15, -0.1) is 0 Å². The van der Waals surface area contributed by atoms with Crippen LogP contribution in [0.3, 0.4) is 0 Å². The third kappa shape index (κ3) is 1.44. The molecular weight excluding hydrogens is 176 g/mol. The van der Waals surface area contributed by atoms with Crippen molar-refractivity contribution in [1.29, 1.82) is 0 Å². The topological polar surface area (TPSA) is 42.0 Å². The first-order chi connectivity index (χ1) is 6.81. The van der Waals surface area contributed by atoms with Crippen molar-refractivity contribution >= 4 is 16.8 Å². The number of nitrogens with one attached hydrogen (secondary N) is 1. The molecule has 0 aliphatic rings. The van der Waals surface area contributed by atoms with Crippen molar-refractivity contribution in [1.82, 2.24) is 10.3 Å². The second kappa shape index (κ2) is 3.46. The fourth-order valence-electron chi connectivity index (χ4n) is 1.34. The van der Waals surface area contributed by atoms with Crippen LogP contribution in [0.4, 0.5) is 0 Å². The van der Waals surface area contributed by atoms with Gasteiger partial charge in [0, 0.05) is 18.6 Å². The first-order valence-electron chi connectivity index (χ1n) is 4.38. The predicted molar refractivity (Wildman–Crippen MR) is 55.1 cm³/mol.